The van der Waals surface area contributed by atoms with Crippen molar-refractivity contribution in [1.82, 2.24) is 9.88 Å². The topological polar surface area (TPSA) is 106 Å². The van der Waals surface area contributed by atoms with E-state index in [1.807, 2.05) is 9.80 Å². The summed E-state index contributed by atoms with van der Waals surface area (Å²) in [7, 11) is 0. The van der Waals surface area contributed by atoms with E-state index in [-0.39, 0.29) is 5.91 Å². The number of amides is 2. The third-order valence-electron chi connectivity index (χ3n) is 5.09. The molecule has 2 aliphatic rings. The summed E-state index contributed by atoms with van der Waals surface area (Å²) in [4.78, 5) is 32.5. The lowest BCUT2D eigenvalue weighted by Gasteiger charge is -2.41. The normalized spacial score (nSPS) is 20.7. The molecule has 3 rings (SSSR count). The SMILES string of the molecule is NC(=O)c1cccnc1N1CCN(C(=O)C2(N)CCCCC2)CC1. The van der Waals surface area contributed by atoms with Gasteiger partial charge in [0.2, 0.25) is 5.91 Å². The highest BCUT2D eigenvalue weighted by atomic mass is 16.2. The highest BCUT2D eigenvalue weighted by Gasteiger charge is 2.39. The summed E-state index contributed by atoms with van der Waals surface area (Å²) < 4.78 is 0. The predicted molar refractivity (Wildman–Crippen MR) is 91.6 cm³/mol. The molecule has 7 heteroatoms. The van der Waals surface area contributed by atoms with E-state index >= 15 is 0 Å². The molecule has 0 unspecified atom stereocenters. The summed E-state index contributed by atoms with van der Waals surface area (Å²) in [6.07, 6.45) is 6.41. The van der Waals surface area contributed by atoms with Crippen molar-refractivity contribution in [2.75, 3.05) is 31.1 Å². The van der Waals surface area contributed by atoms with Gasteiger partial charge in [-0.05, 0) is 25.0 Å². The number of primary amides is 1. The Labute approximate surface area is 142 Å². The molecule has 7 nitrogen and oxygen atoms in total. The van der Waals surface area contributed by atoms with Crippen LogP contribution in [0.15, 0.2) is 18.3 Å². The first kappa shape index (κ1) is 16.7. The number of nitrogens with zero attached hydrogens (tertiary/aromatic N) is 3. The van der Waals surface area contributed by atoms with E-state index in [4.69, 9.17) is 11.5 Å². The molecule has 24 heavy (non-hydrogen) atoms. The monoisotopic (exact) mass is 331 g/mol. The Kier molecular flexibility index (Phi) is 4.71. The average molecular weight is 331 g/mol. The fourth-order valence-electron chi connectivity index (χ4n) is 3.67. The largest absolute Gasteiger partial charge is 0.365 e. The third-order valence-corrected chi connectivity index (χ3v) is 5.09. The molecule has 0 atom stereocenters. The fraction of sp³-hybridized carbons (Fsp3) is 0.588. The molecule has 0 aromatic carbocycles. The minimum Gasteiger partial charge on any atom is -0.365 e. The van der Waals surface area contributed by atoms with Crippen LogP contribution in [0.5, 0.6) is 0 Å². The van der Waals surface area contributed by atoms with Crippen molar-refractivity contribution in [2.45, 2.75) is 37.6 Å². The second kappa shape index (κ2) is 6.76. The number of aromatic nitrogens is 1. The van der Waals surface area contributed by atoms with Gasteiger partial charge >= 0.3 is 0 Å². The van der Waals surface area contributed by atoms with Gasteiger partial charge in [-0.25, -0.2) is 4.98 Å². The van der Waals surface area contributed by atoms with E-state index in [9.17, 15) is 9.59 Å². The van der Waals surface area contributed by atoms with Crippen molar-refractivity contribution in [3.05, 3.63) is 23.9 Å². The first-order valence-corrected chi connectivity index (χ1v) is 8.59. The fourth-order valence-corrected chi connectivity index (χ4v) is 3.67. The van der Waals surface area contributed by atoms with Crippen molar-refractivity contribution in [1.29, 1.82) is 0 Å². The molecule has 0 spiro atoms. The van der Waals surface area contributed by atoms with Crippen LogP contribution in [0, 0.1) is 0 Å². The number of carbonyl (C=O) groups is 2. The quantitative estimate of drug-likeness (QED) is 0.838. The van der Waals surface area contributed by atoms with Crippen LogP contribution >= 0.6 is 0 Å². The predicted octanol–water partition coefficient (Wildman–Crippen LogP) is 0.491. The minimum absolute atomic E-state index is 0.0676. The van der Waals surface area contributed by atoms with E-state index in [0.29, 0.717) is 37.6 Å². The zero-order chi connectivity index (χ0) is 17.2. The summed E-state index contributed by atoms with van der Waals surface area (Å²) in [6, 6.07) is 3.38. The van der Waals surface area contributed by atoms with Crippen LogP contribution in [0.1, 0.15) is 42.5 Å². The summed E-state index contributed by atoms with van der Waals surface area (Å²) >= 11 is 0. The van der Waals surface area contributed by atoms with Crippen molar-refractivity contribution < 1.29 is 9.59 Å². The van der Waals surface area contributed by atoms with Crippen molar-refractivity contribution in [3.8, 4) is 0 Å². The van der Waals surface area contributed by atoms with Crippen LogP contribution in [0.3, 0.4) is 0 Å². The zero-order valence-corrected chi connectivity index (χ0v) is 13.9. The third kappa shape index (κ3) is 3.21. The maximum Gasteiger partial charge on any atom is 0.252 e. The molecule has 1 aliphatic heterocycles. The lowest BCUT2D eigenvalue weighted by molar-refractivity contribution is -0.138. The molecule has 1 saturated heterocycles. The number of carbonyl (C=O) groups excluding carboxylic acids is 2. The Hall–Kier alpha value is -2.15. The Morgan fingerprint density at radius 2 is 1.75 bits per heavy atom. The molecule has 0 radical (unpaired) electrons. The number of hydrogen-bond donors (Lipinski definition) is 2. The second-order valence-electron chi connectivity index (χ2n) is 6.73. The zero-order valence-electron chi connectivity index (χ0n) is 13.9. The number of rotatable bonds is 3. The number of nitrogens with two attached hydrogens (primary N) is 2. The molecule has 0 bridgehead atoms. The standard InChI is InChI=1S/C17H25N5O2/c18-14(23)13-5-4-8-20-15(13)21-9-11-22(12-10-21)16(24)17(19)6-2-1-3-7-17/h4-5,8H,1-3,6-7,9-12,19H2,(H2,18,23). The Morgan fingerprint density at radius 1 is 1.08 bits per heavy atom. The molecular weight excluding hydrogens is 306 g/mol. The van der Waals surface area contributed by atoms with Gasteiger partial charge in [-0.3, -0.25) is 9.59 Å². The Balaban J connectivity index is 1.66. The van der Waals surface area contributed by atoms with E-state index in [0.717, 1.165) is 32.1 Å². The summed E-state index contributed by atoms with van der Waals surface area (Å²) in [6.45, 7) is 2.43. The lowest BCUT2D eigenvalue weighted by atomic mass is 9.81. The van der Waals surface area contributed by atoms with Gasteiger partial charge in [0.15, 0.2) is 0 Å². The minimum atomic E-state index is -0.691. The van der Waals surface area contributed by atoms with Gasteiger partial charge in [0.05, 0.1) is 11.1 Å². The number of hydrogen-bond acceptors (Lipinski definition) is 5. The van der Waals surface area contributed by atoms with Crippen molar-refractivity contribution in [2.24, 2.45) is 11.5 Å². The molecule has 1 aromatic rings. The van der Waals surface area contributed by atoms with Gasteiger partial charge in [-0.15, -0.1) is 0 Å². The van der Waals surface area contributed by atoms with Crippen LogP contribution in [-0.4, -0.2) is 53.4 Å². The van der Waals surface area contributed by atoms with Crippen LogP contribution in [0.25, 0.3) is 0 Å². The van der Waals surface area contributed by atoms with Gasteiger partial charge in [-0.1, -0.05) is 19.3 Å². The van der Waals surface area contributed by atoms with Crippen molar-refractivity contribution >= 4 is 17.6 Å². The maximum absolute atomic E-state index is 12.8. The van der Waals surface area contributed by atoms with Crippen LogP contribution in [0.2, 0.25) is 0 Å². The Morgan fingerprint density at radius 3 is 2.38 bits per heavy atom. The van der Waals surface area contributed by atoms with Gasteiger partial charge in [0.25, 0.3) is 5.91 Å². The first-order chi connectivity index (χ1) is 11.5. The molecule has 1 aliphatic carbocycles. The van der Waals surface area contributed by atoms with E-state index in [1.54, 1.807) is 18.3 Å². The second-order valence-corrected chi connectivity index (χ2v) is 6.73. The molecule has 2 heterocycles. The van der Waals surface area contributed by atoms with Crippen LogP contribution in [0.4, 0.5) is 5.82 Å². The molecule has 2 amide bonds. The van der Waals surface area contributed by atoms with E-state index < -0.39 is 11.4 Å². The lowest BCUT2D eigenvalue weighted by Crippen LogP contribution is -2.60. The molecule has 1 aromatic heterocycles. The van der Waals surface area contributed by atoms with Gasteiger partial charge in [0.1, 0.15) is 5.82 Å². The number of pyridine rings is 1. The average Bonchev–Trinajstić information content (AvgIpc) is 2.62. The van der Waals surface area contributed by atoms with Gasteiger partial charge in [-0.2, -0.15) is 0 Å². The smallest absolute Gasteiger partial charge is 0.252 e. The van der Waals surface area contributed by atoms with Crippen molar-refractivity contribution in [3.63, 3.8) is 0 Å². The summed E-state index contributed by atoms with van der Waals surface area (Å²) in [5.74, 6) is 0.176. The number of piperazine rings is 1. The summed E-state index contributed by atoms with van der Waals surface area (Å²) in [5, 5.41) is 0. The molecular formula is C17H25N5O2. The number of anilines is 1. The van der Waals surface area contributed by atoms with Crippen LogP contribution < -0.4 is 16.4 Å². The highest BCUT2D eigenvalue weighted by molar-refractivity contribution is 5.97. The molecule has 2 fully saturated rings. The van der Waals surface area contributed by atoms with Gasteiger partial charge < -0.3 is 21.3 Å². The maximum atomic E-state index is 12.8. The highest BCUT2D eigenvalue weighted by Crippen LogP contribution is 2.28. The van der Waals surface area contributed by atoms with Gasteiger partial charge in [0, 0.05) is 32.4 Å². The van der Waals surface area contributed by atoms with Crippen LogP contribution in [-0.2, 0) is 4.79 Å². The van der Waals surface area contributed by atoms with E-state index in [1.165, 1.54) is 0 Å². The first-order valence-electron chi connectivity index (χ1n) is 8.59. The summed E-state index contributed by atoms with van der Waals surface area (Å²) in [5.41, 5.74) is 11.5. The Bertz CT molecular complexity index is 619. The molecule has 1 saturated carbocycles. The molecule has 130 valence electrons. The van der Waals surface area contributed by atoms with E-state index in [2.05, 4.69) is 4.98 Å². The molecule has 4 N–H and O–H groups in total.